The maximum absolute atomic E-state index is 12.3. The minimum atomic E-state index is -1.35. The predicted molar refractivity (Wildman–Crippen MR) is 112 cm³/mol. The number of H-pyrrole nitrogens is 1. The SMILES string of the molecule is Nc1nc2c(nc(SC/C=C/c3ccccc3)n2C2OC(CO)C(O)C2O)c(=O)[nH]1. The number of imidazole rings is 1. The van der Waals surface area contributed by atoms with Gasteiger partial charge in [-0.3, -0.25) is 14.3 Å². The molecule has 10 nitrogen and oxygen atoms in total. The summed E-state index contributed by atoms with van der Waals surface area (Å²) in [7, 11) is 0. The highest BCUT2D eigenvalue weighted by Crippen LogP contribution is 2.35. The maximum atomic E-state index is 12.3. The van der Waals surface area contributed by atoms with Crippen LogP contribution in [0.1, 0.15) is 11.8 Å². The Labute approximate surface area is 175 Å². The van der Waals surface area contributed by atoms with E-state index in [-0.39, 0.29) is 17.1 Å². The Balaban J connectivity index is 1.68. The molecule has 1 saturated heterocycles. The first-order chi connectivity index (χ1) is 14.5. The quantitative estimate of drug-likeness (QED) is 0.342. The number of nitrogen functional groups attached to an aromatic ring is 1. The molecule has 4 atom stereocenters. The molecule has 1 aliphatic rings. The van der Waals surface area contributed by atoms with Gasteiger partial charge in [0.15, 0.2) is 22.5 Å². The number of aromatic nitrogens is 4. The molecule has 1 aromatic carbocycles. The summed E-state index contributed by atoms with van der Waals surface area (Å²) in [4.78, 5) is 23.2. The maximum Gasteiger partial charge on any atom is 0.280 e. The monoisotopic (exact) mass is 431 g/mol. The van der Waals surface area contributed by atoms with Gasteiger partial charge >= 0.3 is 0 Å². The van der Waals surface area contributed by atoms with Crippen molar-refractivity contribution in [2.24, 2.45) is 0 Å². The Bertz CT molecular complexity index is 1120. The zero-order valence-corrected chi connectivity index (χ0v) is 16.6. The Morgan fingerprint density at radius 1 is 1.23 bits per heavy atom. The van der Waals surface area contributed by atoms with Gasteiger partial charge in [-0.2, -0.15) is 4.98 Å². The molecule has 11 heteroatoms. The number of fused-ring (bicyclic) bond motifs is 1. The van der Waals surface area contributed by atoms with Crippen molar-refractivity contribution < 1.29 is 20.1 Å². The van der Waals surface area contributed by atoms with Crippen LogP contribution in [0.15, 0.2) is 46.4 Å². The van der Waals surface area contributed by atoms with E-state index >= 15 is 0 Å². The van der Waals surface area contributed by atoms with Gasteiger partial charge in [0.05, 0.1) is 6.61 Å². The van der Waals surface area contributed by atoms with Crippen molar-refractivity contribution >= 4 is 35.0 Å². The van der Waals surface area contributed by atoms with Crippen molar-refractivity contribution in [1.29, 1.82) is 0 Å². The molecule has 1 aliphatic heterocycles. The van der Waals surface area contributed by atoms with Gasteiger partial charge in [0.1, 0.15) is 18.3 Å². The van der Waals surface area contributed by atoms with Crippen LogP contribution in [0.2, 0.25) is 0 Å². The lowest BCUT2D eigenvalue weighted by atomic mass is 10.1. The first kappa shape index (κ1) is 20.6. The lowest BCUT2D eigenvalue weighted by Gasteiger charge is -2.18. The van der Waals surface area contributed by atoms with Crippen LogP contribution in [0.25, 0.3) is 17.2 Å². The summed E-state index contributed by atoms with van der Waals surface area (Å²) in [5.74, 6) is 0.404. The van der Waals surface area contributed by atoms with Gasteiger partial charge in [-0.05, 0) is 5.56 Å². The van der Waals surface area contributed by atoms with Crippen molar-refractivity contribution in [3.8, 4) is 0 Å². The number of nitrogens with two attached hydrogens (primary N) is 1. The molecule has 4 unspecified atom stereocenters. The second kappa shape index (κ2) is 8.58. The van der Waals surface area contributed by atoms with E-state index in [2.05, 4.69) is 15.0 Å². The number of thioether (sulfide) groups is 1. The van der Waals surface area contributed by atoms with Crippen LogP contribution < -0.4 is 11.3 Å². The van der Waals surface area contributed by atoms with Crippen LogP contribution in [0.3, 0.4) is 0 Å². The lowest BCUT2D eigenvalue weighted by molar-refractivity contribution is -0.0548. The number of aromatic amines is 1. The normalized spacial score (nSPS) is 24.2. The minimum Gasteiger partial charge on any atom is -0.394 e. The van der Waals surface area contributed by atoms with Gasteiger partial charge in [0.2, 0.25) is 5.95 Å². The summed E-state index contributed by atoms with van der Waals surface area (Å²) in [5, 5.41) is 30.4. The minimum absolute atomic E-state index is 0.0384. The van der Waals surface area contributed by atoms with Crippen LogP contribution in [-0.4, -0.2) is 65.5 Å². The summed E-state index contributed by atoms with van der Waals surface area (Å²) < 4.78 is 7.07. The topological polar surface area (TPSA) is 160 Å². The summed E-state index contributed by atoms with van der Waals surface area (Å²) >= 11 is 1.30. The summed E-state index contributed by atoms with van der Waals surface area (Å²) in [6, 6.07) is 9.77. The Morgan fingerprint density at radius 3 is 2.70 bits per heavy atom. The molecule has 4 rings (SSSR count). The predicted octanol–water partition coefficient (Wildman–Crippen LogP) is 0.119. The van der Waals surface area contributed by atoms with E-state index in [4.69, 9.17) is 10.5 Å². The fraction of sp³-hybridized carbons (Fsp3) is 0.316. The highest BCUT2D eigenvalue weighted by atomic mass is 32.2. The second-order valence-corrected chi connectivity index (χ2v) is 7.73. The molecule has 3 aromatic rings. The van der Waals surface area contributed by atoms with Crippen molar-refractivity contribution in [2.45, 2.75) is 29.7 Å². The molecule has 0 aliphatic carbocycles. The molecule has 0 radical (unpaired) electrons. The number of aliphatic hydroxyl groups excluding tert-OH is 3. The third-order valence-corrected chi connectivity index (χ3v) is 5.63. The van der Waals surface area contributed by atoms with Gasteiger partial charge in [-0.15, -0.1) is 0 Å². The van der Waals surface area contributed by atoms with Crippen LogP contribution >= 0.6 is 11.8 Å². The average Bonchev–Trinajstić information content (AvgIpc) is 3.23. The molecule has 30 heavy (non-hydrogen) atoms. The molecular formula is C19H21N5O5S. The molecule has 0 bridgehead atoms. The fourth-order valence-corrected chi connectivity index (χ4v) is 4.10. The number of aliphatic hydroxyl groups is 3. The highest BCUT2D eigenvalue weighted by Gasteiger charge is 2.45. The van der Waals surface area contributed by atoms with E-state index in [9.17, 15) is 20.1 Å². The Kier molecular flexibility index (Phi) is 5.88. The molecule has 0 amide bonds. The van der Waals surface area contributed by atoms with E-state index in [1.54, 1.807) is 0 Å². The molecule has 1 fully saturated rings. The smallest absolute Gasteiger partial charge is 0.280 e. The summed E-state index contributed by atoms with van der Waals surface area (Å²) in [5.41, 5.74) is 6.37. The number of hydrogen-bond acceptors (Lipinski definition) is 9. The molecule has 0 spiro atoms. The van der Waals surface area contributed by atoms with Crippen molar-refractivity contribution in [3.05, 3.63) is 52.3 Å². The Hall–Kier alpha value is -2.70. The van der Waals surface area contributed by atoms with Crippen LogP contribution in [-0.2, 0) is 4.74 Å². The average molecular weight is 431 g/mol. The molecule has 6 N–H and O–H groups in total. The molecule has 0 saturated carbocycles. The number of nitrogens with one attached hydrogen (secondary N) is 1. The van der Waals surface area contributed by atoms with E-state index in [1.807, 2.05) is 42.5 Å². The molecule has 3 heterocycles. The number of rotatable bonds is 6. The highest BCUT2D eigenvalue weighted by molar-refractivity contribution is 7.99. The van der Waals surface area contributed by atoms with E-state index in [1.165, 1.54) is 16.3 Å². The first-order valence-corrected chi connectivity index (χ1v) is 10.2. The number of benzene rings is 1. The van der Waals surface area contributed by atoms with Gasteiger partial charge < -0.3 is 25.8 Å². The third-order valence-electron chi connectivity index (χ3n) is 4.73. The van der Waals surface area contributed by atoms with Gasteiger partial charge in [0.25, 0.3) is 5.56 Å². The third kappa shape index (κ3) is 3.85. The largest absolute Gasteiger partial charge is 0.394 e. The van der Waals surface area contributed by atoms with Gasteiger partial charge in [0, 0.05) is 5.75 Å². The van der Waals surface area contributed by atoms with Crippen LogP contribution in [0.5, 0.6) is 0 Å². The van der Waals surface area contributed by atoms with Crippen molar-refractivity contribution in [2.75, 3.05) is 18.1 Å². The lowest BCUT2D eigenvalue weighted by Crippen LogP contribution is -2.33. The number of nitrogens with zero attached hydrogens (tertiary/aromatic N) is 3. The summed E-state index contributed by atoms with van der Waals surface area (Å²) in [6.45, 7) is -0.472. The van der Waals surface area contributed by atoms with Crippen LogP contribution in [0.4, 0.5) is 5.95 Å². The van der Waals surface area contributed by atoms with E-state index in [0.717, 1.165) is 5.56 Å². The zero-order valence-electron chi connectivity index (χ0n) is 15.8. The van der Waals surface area contributed by atoms with Crippen molar-refractivity contribution in [1.82, 2.24) is 19.5 Å². The number of ether oxygens (including phenoxy) is 1. The van der Waals surface area contributed by atoms with Crippen molar-refractivity contribution in [3.63, 3.8) is 0 Å². The standard InChI is InChI=1S/C19H21N5O5S/c20-18-22-15-12(16(28)23-18)21-19(30-8-4-7-10-5-2-1-3-6-10)24(15)17-14(27)13(26)11(9-25)29-17/h1-7,11,13-14,17,25-27H,8-9H2,(H3,20,22,23,28)/b7-4+. The zero-order chi connectivity index (χ0) is 21.3. The first-order valence-electron chi connectivity index (χ1n) is 9.24. The van der Waals surface area contributed by atoms with E-state index in [0.29, 0.717) is 10.9 Å². The summed E-state index contributed by atoms with van der Waals surface area (Å²) in [6.07, 6.45) is -0.814. The number of hydrogen-bond donors (Lipinski definition) is 5. The van der Waals surface area contributed by atoms with Gasteiger partial charge in [-0.1, -0.05) is 54.2 Å². The molecule has 158 valence electrons. The fourth-order valence-electron chi connectivity index (χ4n) is 3.28. The van der Waals surface area contributed by atoms with E-state index < -0.39 is 36.7 Å². The Morgan fingerprint density at radius 2 is 2.00 bits per heavy atom. The van der Waals surface area contributed by atoms with Gasteiger partial charge in [-0.25, -0.2) is 4.98 Å². The van der Waals surface area contributed by atoms with Crippen LogP contribution in [0, 0.1) is 0 Å². The second-order valence-electron chi connectivity index (χ2n) is 6.74. The number of anilines is 1. The molecular weight excluding hydrogens is 410 g/mol. The molecule has 2 aromatic heterocycles.